The molecule has 1 aliphatic carbocycles. The second-order valence-electron chi connectivity index (χ2n) is 5.96. The van der Waals surface area contributed by atoms with E-state index in [9.17, 15) is 9.59 Å². The van der Waals surface area contributed by atoms with Crippen LogP contribution < -0.4 is 0 Å². The minimum Gasteiger partial charge on any atom is -0.465 e. The third kappa shape index (κ3) is 2.59. The molecule has 0 unspecified atom stereocenters. The van der Waals surface area contributed by atoms with Gasteiger partial charge in [-0.25, -0.2) is 0 Å². The van der Waals surface area contributed by atoms with Crippen molar-refractivity contribution in [2.75, 3.05) is 19.7 Å². The van der Waals surface area contributed by atoms with E-state index in [0.717, 1.165) is 17.7 Å². The van der Waals surface area contributed by atoms with E-state index in [2.05, 4.69) is 11.0 Å². The molecule has 0 N–H and O–H groups in total. The van der Waals surface area contributed by atoms with Crippen LogP contribution >= 0.6 is 0 Å². The fourth-order valence-electron chi connectivity index (χ4n) is 3.39. The lowest BCUT2D eigenvalue weighted by molar-refractivity contribution is -0.148. The monoisotopic (exact) mass is 299 g/mol. The van der Waals surface area contributed by atoms with Gasteiger partial charge in [0, 0.05) is 30.5 Å². The number of hydrogen-bond acceptors (Lipinski definition) is 4. The highest BCUT2D eigenvalue weighted by atomic mass is 16.5. The molecule has 1 saturated heterocycles. The van der Waals surface area contributed by atoms with E-state index in [1.807, 2.05) is 44.2 Å². The van der Waals surface area contributed by atoms with Crippen molar-refractivity contribution in [2.24, 2.45) is 11.8 Å². The third-order valence-electron chi connectivity index (χ3n) is 4.64. The fraction of sp³-hybridized carbons (Fsp3) is 0.444. The molecule has 116 valence electrons. The molecule has 1 heterocycles. The maximum atomic E-state index is 12.6. The maximum Gasteiger partial charge on any atom is 0.323 e. The van der Waals surface area contributed by atoms with Gasteiger partial charge in [-0.3, -0.25) is 14.5 Å². The summed E-state index contributed by atoms with van der Waals surface area (Å²) < 4.78 is 5.07. The van der Waals surface area contributed by atoms with Crippen LogP contribution in [0.5, 0.6) is 0 Å². The number of nitrogens with zero attached hydrogens (tertiary/aromatic N) is 1. The number of esters is 1. The Morgan fingerprint density at radius 3 is 2.68 bits per heavy atom. The third-order valence-corrected chi connectivity index (χ3v) is 4.64. The Balaban J connectivity index is 1.73. The summed E-state index contributed by atoms with van der Waals surface area (Å²) in [4.78, 5) is 26.6. The number of Topliss-reactive ketones (excluding diaryl/α,β-unsaturated/α-hetero) is 1. The van der Waals surface area contributed by atoms with E-state index in [1.54, 1.807) is 0 Å². The van der Waals surface area contributed by atoms with Gasteiger partial charge in [-0.1, -0.05) is 36.4 Å². The van der Waals surface area contributed by atoms with E-state index in [-0.39, 0.29) is 29.6 Å². The van der Waals surface area contributed by atoms with Crippen LogP contribution in [0, 0.1) is 11.8 Å². The summed E-state index contributed by atoms with van der Waals surface area (Å²) in [5, 5.41) is 0. The molecule has 22 heavy (non-hydrogen) atoms. The first kappa shape index (κ1) is 15.0. The van der Waals surface area contributed by atoms with E-state index >= 15 is 0 Å². The second-order valence-corrected chi connectivity index (χ2v) is 5.96. The Hall–Kier alpha value is -1.94. The van der Waals surface area contributed by atoms with Crippen LogP contribution in [0.2, 0.25) is 0 Å². The van der Waals surface area contributed by atoms with Crippen LogP contribution in [0.15, 0.2) is 36.4 Å². The topological polar surface area (TPSA) is 46.6 Å². The van der Waals surface area contributed by atoms with Gasteiger partial charge >= 0.3 is 5.97 Å². The largest absolute Gasteiger partial charge is 0.465 e. The van der Waals surface area contributed by atoms with Gasteiger partial charge in [0.15, 0.2) is 5.78 Å². The molecule has 1 fully saturated rings. The molecule has 0 amide bonds. The number of ether oxygens (including phenoxy) is 1. The first-order valence-electron chi connectivity index (χ1n) is 7.84. The van der Waals surface area contributed by atoms with Gasteiger partial charge < -0.3 is 4.74 Å². The number of fused-ring (bicyclic) bond motifs is 1. The number of benzene rings is 1. The van der Waals surface area contributed by atoms with Crippen LogP contribution in [0.4, 0.5) is 0 Å². The Morgan fingerprint density at radius 2 is 2.05 bits per heavy atom. The number of hydrogen-bond donors (Lipinski definition) is 0. The molecule has 1 aromatic rings. The Labute approximate surface area is 130 Å². The Kier molecular flexibility index (Phi) is 4.12. The van der Waals surface area contributed by atoms with Crippen molar-refractivity contribution in [3.63, 3.8) is 0 Å². The van der Waals surface area contributed by atoms with E-state index in [4.69, 9.17) is 4.74 Å². The zero-order valence-corrected chi connectivity index (χ0v) is 13.0. The van der Waals surface area contributed by atoms with Crippen molar-refractivity contribution < 1.29 is 14.3 Å². The number of carbonyl (C=O) groups is 2. The van der Waals surface area contributed by atoms with Gasteiger partial charge in [0.2, 0.25) is 0 Å². The van der Waals surface area contributed by atoms with Gasteiger partial charge in [-0.2, -0.15) is 0 Å². The van der Waals surface area contributed by atoms with Gasteiger partial charge in [-0.15, -0.1) is 0 Å². The summed E-state index contributed by atoms with van der Waals surface area (Å²) in [5.41, 5.74) is 1.82. The number of rotatable bonds is 4. The van der Waals surface area contributed by atoms with Crippen LogP contribution in [0.25, 0.3) is 5.57 Å². The lowest BCUT2D eigenvalue weighted by Gasteiger charge is -2.22. The predicted molar refractivity (Wildman–Crippen MR) is 84.1 cm³/mol. The van der Waals surface area contributed by atoms with Crippen molar-refractivity contribution in [3.8, 4) is 0 Å². The molecule has 3 rings (SSSR count). The molecule has 2 aliphatic rings. The standard InChI is InChI=1S/C18H21NO3/c1-3-22-18(21)12(2)19-10-14-9-15(17(20)16(14)11-19)13-7-5-4-6-8-13/h4-9,12,14,16H,3,10-11H2,1-2H3/t12-,14+,16-/m0/s1. The summed E-state index contributed by atoms with van der Waals surface area (Å²) in [5.74, 6) is 0.184. The molecule has 0 radical (unpaired) electrons. The summed E-state index contributed by atoms with van der Waals surface area (Å²) in [6, 6.07) is 9.52. The van der Waals surface area contributed by atoms with Gasteiger partial charge in [0.25, 0.3) is 0 Å². The SMILES string of the molecule is CCOC(=O)[C@H](C)N1C[C@H]2C=C(c3ccccc3)C(=O)[C@H]2C1. The highest BCUT2D eigenvalue weighted by Gasteiger charge is 2.44. The van der Waals surface area contributed by atoms with Crippen LogP contribution in [-0.2, 0) is 14.3 Å². The fourth-order valence-corrected chi connectivity index (χ4v) is 3.39. The Bertz CT molecular complexity index is 608. The summed E-state index contributed by atoms with van der Waals surface area (Å²) in [6.45, 7) is 5.43. The molecular weight excluding hydrogens is 278 g/mol. The highest BCUT2D eigenvalue weighted by molar-refractivity contribution is 6.24. The number of likely N-dealkylation sites (tertiary alicyclic amines) is 1. The van der Waals surface area contributed by atoms with Crippen LogP contribution in [-0.4, -0.2) is 42.4 Å². The summed E-state index contributed by atoms with van der Waals surface area (Å²) >= 11 is 0. The van der Waals surface area contributed by atoms with Crippen molar-refractivity contribution in [3.05, 3.63) is 42.0 Å². The lowest BCUT2D eigenvalue weighted by atomic mass is 9.97. The van der Waals surface area contributed by atoms with Crippen molar-refractivity contribution >= 4 is 17.3 Å². The minimum absolute atomic E-state index is 0.0212. The lowest BCUT2D eigenvalue weighted by Crippen LogP contribution is -2.39. The molecule has 0 spiro atoms. The van der Waals surface area contributed by atoms with Crippen LogP contribution in [0.3, 0.4) is 0 Å². The van der Waals surface area contributed by atoms with Crippen molar-refractivity contribution in [2.45, 2.75) is 19.9 Å². The molecule has 0 saturated carbocycles. The Morgan fingerprint density at radius 1 is 1.32 bits per heavy atom. The predicted octanol–water partition coefficient (Wildman–Crippen LogP) is 2.15. The van der Waals surface area contributed by atoms with Gasteiger partial charge in [-0.05, 0) is 19.4 Å². The zero-order valence-electron chi connectivity index (χ0n) is 13.0. The highest BCUT2D eigenvalue weighted by Crippen LogP contribution is 2.38. The molecule has 4 nitrogen and oxygen atoms in total. The van der Waals surface area contributed by atoms with E-state index in [1.165, 1.54) is 0 Å². The summed E-state index contributed by atoms with van der Waals surface area (Å²) in [6.07, 6.45) is 2.08. The van der Waals surface area contributed by atoms with E-state index < -0.39 is 0 Å². The number of carbonyl (C=O) groups excluding carboxylic acids is 2. The second kappa shape index (κ2) is 6.05. The van der Waals surface area contributed by atoms with Gasteiger partial charge in [0.05, 0.1) is 6.61 Å². The molecule has 3 atom stereocenters. The van der Waals surface area contributed by atoms with Crippen molar-refractivity contribution in [1.82, 2.24) is 4.90 Å². The molecule has 4 heteroatoms. The first-order valence-corrected chi connectivity index (χ1v) is 7.84. The van der Waals surface area contributed by atoms with Gasteiger partial charge in [0.1, 0.15) is 6.04 Å². The molecule has 0 aromatic heterocycles. The molecular formula is C18H21NO3. The zero-order chi connectivity index (χ0) is 15.7. The number of allylic oxidation sites excluding steroid dienone is 1. The maximum absolute atomic E-state index is 12.6. The van der Waals surface area contributed by atoms with E-state index in [0.29, 0.717) is 13.2 Å². The average molecular weight is 299 g/mol. The first-order chi connectivity index (χ1) is 10.6. The average Bonchev–Trinajstić information content (AvgIpc) is 3.07. The molecule has 1 aromatic carbocycles. The number of ketones is 1. The molecule has 0 bridgehead atoms. The minimum atomic E-state index is -0.285. The molecule has 1 aliphatic heterocycles. The quantitative estimate of drug-likeness (QED) is 0.799. The normalized spacial score (nSPS) is 25.7. The van der Waals surface area contributed by atoms with Crippen LogP contribution in [0.1, 0.15) is 19.4 Å². The summed E-state index contributed by atoms with van der Waals surface area (Å²) in [7, 11) is 0. The van der Waals surface area contributed by atoms with Crippen molar-refractivity contribution in [1.29, 1.82) is 0 Å². The smallest absolute Gasteiger partial charge is 0.323 e.